The number of ether oxygens (including phenoxy) is 1. The van der Waals surface area contributed by atoms with Crippen LogP contribution in [-0.4, -0.2) is 17.5 Å². The Labute approximate surface area is 125 Å². The molecular weight excluding hydrogens is 384 g/mol. The minimum absolute atomic E-state index is 0.0428. The number of halogens is 2. The summed E-state index contributed by atoms with van der Waals surface area (Å²) in [5.74, 6) is 0.411. The SMILES string of the molecule is O=C(COc1ccc(Br)cc1)Nc1ncc(Br)s1. The van der Waals surface area contributed by atoms with Crippen molar-refractivity contribution in [3.63, 3.8) is 0 Å². The standard InChI is InChI=1S/C11H8Br2N2O2S/c12-7-1-3-8(4-2-7)17-6-10(16)15-11-14-5-9(13)18-11/h1-5H,6H2,(H,14,15,16). The van der Waals surface area contributed by atoms with Gasteiger partial charge in [-0.3, -0.25) is 10.1 Å². The Kier molecular flexibility index (Phi) is 4.73. The molecule has 7 heteroatoms. The second-order valence-corrected chi connectivity index (χ2v) is 6.59. The van der Waals surface area contributed by atoms with Crippen LogP contribution in [0.1, 0.15) is 0 Å². The third kappa shape index (κ3) is 4.08. The molecule has 1 N–H and O–H groups in total. The van der Waals surface area contributed by atoms with E-state index in [2.05, 4.69) is 42.2 Å². The number of carbonyl (C=O) groups excluding carboxylic acids is 1. The molecule has 0 saturated heterocycles. The van der Waals surface area contributed by atoms with Crippen LogP contribution >= 0.6 is 43.2 Å². The first-order valence-electron chi connectivity index (χ1n) is 4.93. The lowest BCUT2D eigenvalue weighted by molar-refractivity contribution is -0.118. The average molecular weight is 392 g/mol. The van der Waals surface area contributed by atoms with E-state index in [1.807, 2.05) is 12.1 Å². The van der Waals surface area contributed by atoms with Gasteiger partial charge >= 0.3 is 0 Å². The fourth-order valence-electron chi connectivity index (χ4n) is 1.15. The van der Waals surface area contributed by atoms with E-state index in [9.17, 15) is 4.79 Å². The number of hydrogen-bond acceptors (Lipinski definition) is 4. The maximum Gasteiger partial charge on any atom is 0.264 e. The van der Waals surface area contributed by atoms with Crippen LogP contribution in [0.25, 0.3) is 0 Å². The molecule has 1 amide bonds. The molecule has 0 bridgehead atoms. The highest BCUT2D eigenvalue weighted by molar-refractivity contribution is 9.11. The summed E-state index contributed by atoms with van der Waals surface area (Å²) in [6.45, 7) is -0.0428. The van der Waals surface area contributed by atoms with Gasteiger partial charge in [-0.25, -0.2) is 4.98 Å². The Morgan fingerprint density at radius 1 is 1.33 bits per heavy atom. The molecule has 2 rings (SSSR count). The van der Waals surface area contributed by atoms with Crippen molar-refractivity contribution < 1.29 is 9.53 Å². The topological polar surface area (TPSA) is 51.2 Å². The molecule has 0 fully saturated rings. The molecule has 0 aliphatic rings. The van der Waals surface area contributed by atoms with Crippen LogP contribution in [0.15, 0.2) is 38.7 Å². The Morgan fingerprint density at radius 2 is 2.06 bits per heavy atom. The normalized spacial score (nSPS) is 10.1. The fourth-order valence-corrected chi connectivity index (χ4v) is 2.53. The van der Waals surface area contributed by atoms with Gasteiger partial charge in [0.15, 0.2) is 11.7 Å². The zero-order chi connectivity index (χ0) is 13.0. The van der Waals surface area contributed by atoms with Crippen LogP contribution in [0.3, 0.4) is 0 Å². The van der Waals surface area contributed by atoms with Gasteiger partial charge in [0.2, 0.25) is 0 Å². The lowest BCUT2D eigenvalue weighted by Crippen LogP contribution is -2.19. The summed E-state index contributed by atoms with van der Waals surface area (Å²) in [6, 6.07) is 7.28. The van der Waals surface area contributed by atoms with E-state index < -0.39 is 0 Å². The summed E-state index contributed by atoms with van der Waals surface area (Å²) < 4.78 is 7.17. The Bertz CT molecular complexity index is 542. The maximum absolute atomic E-state index is 11.6. The number of anilines is 1. The first kappa shape index (κ1) is 13.5. The summed E-state index contributed by atoms with van der Waals surface area (Å²) >= 11 is 7.95. The minimum atomic E-state index is -0.236. The largest absolute Gasteiger partial charge is 0.484 e. The minimum Gasteiger partial charge on any atom is -0.484 e. The van der Waals surface area contributed by atoms with E-state index in [0.717, 1.165) is 8.26 Å². The molecule has 0 radical (unpaired) electrons. The van der Waals surface area contributed by atoms with Crippen molar-refractivity contribution in [1.29, 1.82) is 0 Å². The van der Waals surface area contributed by atoms with Crippen LogP contribution in [0, 0.1) is 0 Å². The van der Waals surface area contributed by atoms with E-state index in [4.69, 9.17) is 4.74 Å². The van der Waals surface area contributed by atoms with E-state index in [-0.39, 0.29) is 12.5 Å². The highest BCUT2D eigenvalue weighted by atomic mass is 79.9. The van der Waals surface area contributed by atoms with Gasteiger partial charge in [0.05, 0.1) is 9.98 Å². The number of amides is 1. The number of nitrogens with one attached hydrogen (secondary N) is 1. The number of carbonyl (C=O) groups is 1. The summed E-state index contributed by atoms with van der Waals surface area (Å²) in [5, 5.41) is 3.20. The average Bonchev–Trinajstić information content (AvgIpc) is 2.74. The van der Waals surface area contributed by atoms with E-state index in [0.29, 0.717) is 10.9 Å². The second kappa shape index (κ2) is 6.31. The summed E-state index contributed by atoms with van der Waals surface area (Å²) in [5.41, 5.74) is 0. The van der Waals surface area contributed by atoms with Gasteiger partial charge in [0.1, 0.15) is 5.75 Å². The molecule has 0 atom stereocenters. The number of rotatable bonds is 4. The third-order valence-corrected chi connectivity index (χ3v) is 3.83. The van der Waals surface area contributed by atoms with Crippen LogP contribution in [0.5, 0.6) is 5.75 Å². The molecule has 0 unspecified atom stereocenters. The van der Waals surface area contributed by atoms with Gasteiger partial charge in [-0.2, -0.15) is 0 Å². The lowest BCUT2D eigenvalue weighted by Gasteiger charge is -2.05. The van der Waals surface area contributed by atoms with Gasteiger partial charge in [0.25, 0.3) is 5.91 Å². The van der Waals surface area contributed by atoms with Crippen molar-refractivity contribution in [3.05, 3.63) is 38.7 Å². The molecule has 1 heterocycles. The molecule has 1 aromatic carbocycles. The number of hydrogen-bond donors (Lipinski definition) is 1. The van der Waals surface area contributed by atoms with E-state index in [1.54, 1.807) is 18.3 Å². The Hall–Kier alpha value is -0.920. The second-order valence-electron chi connectivity index (χ2n) is 3.26. The van der Waals surface area contributed by atoms with Gasteiger partial charge in [-0.15, -0.1) is 0 Å². The highest BCUT2D eigenvalue weighted by Gasteiger charge is 2.06. The Morgan fingerprint density at radius 3 is 2.67 bits per heavy atom. The van der Waals surface area contributed by atoms with Crippen molar-refractivity contribution in [2.24, 2.45) is 0 Å². The zero-order valence-electron chi connectivity index (χ0n) is 9.02. The van der Waals surface area contributed by atoms with Crippen molar-refractivity contribution in [2.45, 2.75) is 0 Å². The first-order valence-corrected chi connectivity index (χ1v) is 7.33. The van der Waals surface area contributed by atoms with Gasteiger partial charge in [0, 0.05) is 4.47 Å². The molecule has 0 aliphatic carbocycles. The zero-order valence-corrected chi connectivity index (χ0v) is 13.0. The van der Waals surface area contributed by atoms with Crippen LogP contribution in [0.2, 0.25) is 0 Å². The lowest BCUT2D eigenvalue weighted by atomic mass is 10.3. The summed E-state index contributed by atoms with van der Waals surface area (Å²) in [6.07, 6.45) is 1.63. The molecule has 18 heavy (non-hydrogen) atoms. The summed E-state index contributed by atoms with van der Waals surface area (Å²) in [4.78, 5) is 15.6. The van der Waals surface area contributed by atoms with Crippen LogP contribution in [-0.2, 0) is 4.79 Å². The monoisotopic (exact) mass is 390 g/mol. The van der Waals surface area contributed by atoms with Gasteiger partial charge < -0.3 is 4.74 Å². The van der Waals surface area contributed by atoms with Gasteiger partial charge in [-0.05, 0) is 40.2 Å². The molecule has 2 aromatic rings. The molecule has 94 valence electrons. The highest BCUT2D eigenvalue weighted by Crippen LogP contribution is 2.23. The number of aromatic nitrogens is 1. The Balaban J connectivity index is 1.83. The molecular formula is C11H8Br2N2O2S. The molecule has 0 spiro atoms. The first-order chi connectivity index (χ1) is 8.63. The number of benzene rings is 1. The fraction of sp³-hybridized carbons (Fsp3) is 0.0909. The van der Waals surface area contributed by atoms with Crippen molar-refractivity contribution in [3.8, 4) is 5.75 Å². The van der Waals surface area contributed by atoms with Crippen molar-refractivity contribution >= 4 is 54.2 Å². The smallest absolute Gasteiger partial charge is 0.264 e. The molecule has 1 aromatic heterocycles. The molecule has 0 saturated carbocycles. The number of thiazole rings is 1. The van der Waals surface area contributed by atoms with E-state index >= 15 is 0 Å². The predicted octanol–water partition coefficient (Wildman–Crippen LogP) is 3.69. The van der Waals surface area contributed by atoms with E-state index in [1.165, 1.54) is 11.3 Å². The number of nitrogens with zero attached hydrogens (tertiary/aromatic N) is 1. The molecule has 4 nitrogen and oxygen atoms in total. The quantitative estimate of drug-likeness (QED) is 0.864. The van der Waals surface area contributed by atoms with Crippen LogP contribution < -0.4 is 10.1 Å². The third-order valence-electron chi connectivity index (χ3n) is 1.91. The van der Waals surface area contributed by atoms with Crippen molar-refractivity contribution in [1.82, 2.24) is 4.98 Å². The molecule has 0 aliphatic heterocycles. The summed E-state index contributed by atoms with van der Waals surface area (Å²) in [7, 11) is 0. The van der Waals surface area contributed by atoms with Crippen LogP contribution in [0.4, 0.5) is 5.13 Å². The maximum atomic E-state index is 11.6. The van der Waals surface area contributed by atoms with Gasteiger partial charge in [-0.1, -0.05) is 27.3 Å². The van der Waals surface area contributed by atoms with Crippen molar-refractivity contribution in [2.75, 3.05) is 11.9 Å². The predicted molar refractivity (Wildman–Crippen MR) is 78.1 cm³/mol.